The summed E-state index contributed by atoms with van der Waals surface area (Å²) >= 11 is 0. The number of fused-ring (bicyclic) bond motifs is 1. The molecule has 160 valence electrons. The van der Waals surface area contributed by atoms with Crippen molar-refractivity contribution in [3.63, 3.8) is 0 Å². The van der Waals surface area contributed by atoms with Crippen molar-refractivity contribution in [3.8, 4) is 0 Å². The fourth-order valence-corrected chi connectivity index (χ4v) is 4.28. The van der Waals surface area contributed by atoms with Crippen LogP contribution in [0.1, 0.15) is 11.3 Å². The van der Waals surface area contributed by atoms with Crippen LogP contribution in [0.4, 0.5) is 23.1 Å². The summed E-state index contributed by atoms with van der Waals surface area (Å²) in [6, 6.07) is 15.2. The molecule has 2 aromatic carbocycles. The van der Waals surface area contributed by atoms with E-state index in [1.165, 1.54) is 6.26 Å². The number of aromatic nitrogens is 4. The normalized spacial score (nSPS) is 11.6. The predicted octanol–water partition coefficient (Wildman–Crippen LogP) is 3.73. The van der Waals surface area contributed by atoms with Gasteiger partial charge in [-0.1, -0.05) is 12.1 Å². The Kier molecular flexibility index (Phi) is 5.36. The maximum Gasteiger partial charge on any atom is 0.236 e. The number of aryl methyl sites for hydroxylation is 2. The molecule has 31 heavy (non-hydrogen) atoms. The molecule has 0 unspecified atom stereocenters. The van der Waals surface area contributed by atoms with E-state index in [2.05, 4.69) is 20.4 Å². The maximum absolute atomic E-state index is 11.6. The van der Waals surface area contributed by atoms with Crippen molar-refractivity contribution >= 4 is 43.9 Å². The van der Waals surface area contributed by atoms with Gasteiger partial charge in [-0.05, 0) is 48.9 Å². The molecule has 4 aromatic rings. The number of anilines is 4. The molecule has 9 heteroatoms. The largest absolute Gasteiger partial charge is 0.373 e. The van der Waals surface area contributed by atoms with E-state index >= 15 is 0 Å². The molecule has 4 rings (SSSR count). The molecule has 0 spiro atoms. The Morgan fingerprint density at radius 1 is 1.06 bits per heavy atom. The molecule has 2 aromatic heterocycles. The summed E-state index contributed by atoms with van der Waals surface area (Å²) in [7, 11) is 0.621. The molecule has 2 heterocycles. The topological polar surface area (TPSA) is 93.0 Å². The summed E-state index contributed by atoms with van der Waals surface area (Å²) in [6.45, 7) is 2.03. The lowest BCUT2D eigenvalue weighted by atomic mass is 10.1. The van der Waals surface area contributed by atoms with Crippen LogP contribution >= 0.6 is 0 Å². The lowest BCUT2D eigenvalue weighted by Gasteiger charge is -2.23. The van der Waals surface area contributed by atoms with E-state index in [9.17, 15) is 8.42 Å². The van der Waals surface area contributed by atoms with Crippen molar-refractivity contribution in [2.24, 2.45) is 7.05 Å². The average molecular weight is 437 g/mol. The van der Waals surface area contributed by atoms with Gasteiger partial charge in [-0.15, -0.1) is 0 Å². The van der Waals surface area contributed by atoms with Crippen molar-refractivity contribution in [2.75, 3.05) is 23.5 Å². The van der Waals surface area contributed by atoms with Gasteiger partial charge in [0.2, 0.25) is 5.95 Å². The van der Waals surface area contributed by atoms with Gasteiger partial charge in [-0.3, -0.25) is 9.58 Å². The molecular weight excluding hydrogens is 412 g/mol. The monoisotopic (exact) mass is 436 g/mol. The summed E-state index contributed by atoms with van der Waals surface area (Å²) in [4.78, 5) is 11.0. The van der Waals surface area contributed by atoms with Gasteiger partial charge in [0.1, 0.15) is 5.82 Å². The lowest BCUT2D eigenvalue weighted by molar-refractivity contribution is 0.601. The first-order valence-electron chi connectivity index (χ1n) is 9.76. The van der Waals surface area contributed by atoms with Crippen LogP contribution in [0.25, 0.3) is 10.9 Å². The lowest BCUT2D eigenvalue weighted by Crippen LogP contribution is -2.14. The van der Waals surface area contributed by atoms with Gasteiger partial charge in [-0.25, -0.2) is 13.4 Å². The van der Waals surface area contributed by atoms with Crippen LogP contribution in [-0.4, -0.2) is 41.5 Å². The van der Waals surface area contributed by atoms with Crippen molar-refractivity contribution in [3.05, 3.63) is 66.0 Å². The molecule has 0 atom stereocenters. The molecule has 1 N–H and O–H groups in total. The second-order valence-corrected chi connectivity index (χ2v) is 9.61. The Morgan fingerprint density at radius 3 is 2.45 bits per heavy atom. The molecule has 0 aliphatic carbocycles. The van der Waals surface area contributed by atoms with Crippen LogP contribution in [0.15, 0.2) is 54.7 Å². The highest BCUT2D eigenvalue weighted by Gasteiger charge is 2.18. The number of hydrogen-bond donors (Lipinski definition) is 1. The number of hydrogen-bond acceptors (Lipinski definition) is 7. The van der Waals surface area contributed by atoms with Gasteiger partial charge in [-0.2, -0.15) is 10.1 Å². The number of nitrogens with one attached hydrogen (secondary N) is 1. The van der Waals surface area contributed by atoms with Gasteiger partial charge in [0, 0.05) is 43.3 Å². The molecule has 0 bridgehead atoms. The molecule has 0 saturated heterocycles. The molecule has 0 aliphatic heterocycles. The summed E-state index contributed by atoms with van der Waals surface area (Å²) in [5, 5.41) is 8.72. The number of benzene rings is 2. The van der Waals surface area contributed by atoms with Crippen LogP contribution in [0.5, 0.6) is 0 Å². The minimum absolute atomic E-state index is 0.00179. The van der Waals surface area contributed by atoms with Crippen molar-refractivity contribution in [1.29, 1.82) is 0 Å². The molecule has 0 radical (unpaired) electrons. The van der Waals surface area contributed by atoms with E-state index in [1.54, 1.807) is 19.3 Å². The quantitative estimate of drug-likeness (QED) is 0.492. The van der Waals surface area contributed by atoms with E-state index in [-0.39, 0.29) is 5.75 Å². The van der Waals surface area contributed by atoms with E-state index in [0.717, 1.165) is 33.5 Å². The van der Waals surface area contributed by atoms with Crippen LogP contribution < -0.4 is 10.2 Å². The highest BCUT2D eigenvalue weighted by molar-refractivity contribution is 7.89. The number of nitrogens with zero attached hydrogens (tertiary/aromatic N) is 5. The minimum Gasteiger partial charge on any atom is -0.373 e. The van der Waals surface area contributed by atoms with E-state index in [4.69, 9.17) is 0 Å². The second kappa shape index (κ2) is 7.99. The van der Waals surface area contributed by atoms with E-state index in [0.29, 0.717) is 11.8 Å². The Bertz CT molecular complexity index is 1350. The number of rotatable bonds is 6. The first kappa shape index (κ1) is 20.8. The molecule has 0 aliphatic rings. The van der Waals surface area contributed by atoms with E-state index < -0.39 is 9.84 Å². The first-order chi connectivity index (χ1) is 14.7. The van der Waals surface area contributed by atoms with Crippen LogP contribution in [0, 0.1) is 6.92 Å². The van der Waals surface area contributed by atoms with Crippen LogP contribution in [0.2, 0.25) is 0 Å². The Balaban J connectivity index is 1.83. The third-order valence-corrected chi connectivity index (χ3v) is 5.95. The van der Waals surface area contributed by atoms with Gasteiger partial charge < -0.3 is 5.32 Å². The third-order valence-electron chi connectivity index (χ3n) is 5.09. The second-order valence-electron chi connectivity index (χ2n) is 7.47. The Hall–Kier alpha value is -3.46. The number of sulfone groups is 1. The third kappa shape index (κ3) is 4.36. The summed E-state index contributed by atoms with van der Waals surface area (Å²) in [6.07, 6.45) is 2.93. The van der Waals surface area contributed by atoms with Gasteiger partial charge >= 0.3 is 0 Å². The molecule has 0 fully saturated rings. The maximum atomic E-state index is 11.6. The highest BCUT2D eigenvalue weighted by Crippen LogP contribution is 2.34. The highest BCUT2D eigenvalue weighted by atomic mass is 32.2. The standard InChI is InChI=1S/C22H24N6O2S/c1-15-19-10-9-18(13-20(19)26-27(15)3)28(22-24-12-11-21(23-2)25-22)17-7-5-16(6-8-17)14-31(4,29)30/h5-13H,14H2,1-4H3,(H,23,24,25). The van der Waals surface area contributed by atoms with Crippen molar-refractivity contribution < 1.29 is 8.42 Å². The van der Waals surface area contributed by atoms with E-state index in [1.807, 2.05) is 66.0 Å². The van der Waals surface area contributed by atoms with Gasteiger partial charge in [0.05, 0.1) is 17.0 Å². The minimum atomic E-state index is -3.11. The van der Waals surface area contributed by atoms with Crippen molar-refractivity contribution in [1.82, 2.24) is 19.7 Å². The Labute approximate surface area is 181 Å². The first-order valence-corrected chi connectivity index (χ1v) is 11.8. The Morgan fingerprint density at radius 2 is 1.77 bits per heavy atom. The molecule has 0 saturated carbocycles. The van der Waals surface area contributed by atoms with Gasteiger partial charge in [0.25, 0.3) is 0 Å². The summed E-state index contributed by atoms with van der Waals surface area (Å²) in [5.74, 6) is 1.19. The fourth-order valence-electron chi connectivity index (χ4n) is 3.48. The zero-order chi connectivity index (χ0) is 22.2. The summed E-state index contributed by atoms with van der Waals surface area (Å²) < 4.78 is 25.1. The van der Waals surface area contributed by atoms with Crippen molar-refractivity contribution in [2.45, 2.75) is 12.7 Å². The molecule has 8 nitrogen and oxygen atoms in total. The predicted molar refractivity (Wildman–Crippen MR) is 124 cm³/mol. The fraction of sp³-hybridized carbons (Fsp3) is 0.227. The zero-order valence-electron chi connectivity index (χ0n) is 17.9. The SMILES string of the molecule is CNc1ccnc(N(c2ccc(CS(C)(=O)=O)cc2)c2ccc3c(C)n(C)nc3c2)n1. The van der Waals surface area contributed by atoms with Gasteiger partial charge in [0.15, 0.2) is 9.84 Å². The molecule has 0 amide bonds. The smallest absolute Gasteiger partial charge is 0.236 e. The van der Waals surface area contributed by atoms with Crippen LogP contribution in [-0.2, 0) is 22.6 Å². The summed E-state index contributed by atoms with van der Waals surface area (Å²) in [5.41, 5.74) is 4.37. The average Bonchev–Trinajstić information content (AvgIpc) is 3.02. The molecular formula is C22H24N6O2S. The van der Waals surface area contributed by atoms with Crippen LogP contribution in [0.3, 0.4) is 0 Å². The zero-order valence-corrected chi connectivity index (χ0v) is 18.7.